The molecule has 0 saturated carbocycles. The highest BCUT2D eigenvalue weighted by atomic mass is 35.5. The van der Waals surface area contributed by atoms with Gasteiger partial charge in [0.05, 0.1) is 12.0 Å². The highest BCUT2D eigenvalue weighted by Crippen LogP contribution is 2.25. The molecule has 2 aromatic carbocycles. The summed E-state index contributed by atoms with van der Waals surface area (Å²) in [6.45, 7) is 2.02. The van der Waals surface area contributed by atoms with Gasteiger partial charge >= 0.3 is 6.09 Å². The average molecular weight is 344 g/mol. The van der Waals surface area contributed by atoms with Gasteiger partial charge in [0, 0.05) is 5.02 Å². The smallest absolute Gasteiger partial charge is 0.417 e. The summed E-state index contributed by atoms with van der Waals surface area (Å²) in [7, 11) is 0. The number of carbonyl (C=O) groups excluding carboxylic acids is 2. The van der Waals surface area contributed by atoms with Gasteiger partial charge in [-0.05, 0) is 36.6 Å². The van der Waals surface area contributed by atoms with Gasteiger partial charge in [-0.3, -0.25) is 4.79 Å². The van der Waals surface area contributed by atoms with Crippen molar-refractivity contribution in [3.05, 3.63) is 70.7 Å². The van der Waals surface area contributed by atoms with Crippen molar-refractivity contribution in [1.29, 1.82) is 0 Å². The van der Waals surface area contributed by atoms with Crippen LogP contribution in [0.1, 0.15) is 24.0 Å². The summed E-state index contributed by atoms with van der Waals surface area (Å²) in [5, 5.41) is 0.612. The minimum Gasteiger partial charge on any atom is -0.447 e. The minimum atomic E-state index is -0.568. The normalized spacial score (nSPS) is 18.3. The molecule has 0 unspecified atom stereocenters. The molecule has 0 aliphatic carbocycles. The van der Waals surface area contributed by atoms with E-state index < -0.39 is 12.0 Å². The first-order chi connectivity index (χ1) is 11.6. The van der Waals surface area contributed by atoms with Crippen molar-refractivity contribution < 1.29 is 14.3 Å². The summed E-state index contributed by atoms with van der Waals surface area (Å²) in [5.74, 6) is -0.688. The molecule has 0 bridgehead atoms. The van der Waals surface area contributed by atoms with E-state index in [1.165, 1.54) is 4.90 Å². The van der Waals surface area contributed by atoms with E-state index >= 15 is 0 Å². The number of carbonyl (C=O) groups is 2. The summed E-state index contributed by atoms with van der Waals surface area (Å²) in [5.41, 5.74) is 1.89. The fourth-order valence-corrected chi connectivity index (χ4v) is 3.00. The Labute approximate surface area is 146 Å². The van der Waals surface area contributed by atoms with E-state index in [9.17, 15) is 9.59 Å². The van der Waals surface area contributed by atoms with Gasteiger partial charge in [0.15, 0.2) is 0 Å². The number of amides is 2. The van der Waals surface area contributed by atoms with Gasteiger partial charge in [0.1, 0.15) is 6.61 Å². The lowest BCUT2D eigenvalue weighted by Crippen LogP contribution is -2.42. The Morgan fingerprint density at radius 3 is 2.54 bits per heavy atom. The Morgan fingerprint density at radius 2 is 1.88 bits per heavy atom. The first-order valence-corrected chi connectivity index (χ1v) is 8.23. The van der Waals surface area contributed by atoms with Crippen LogP contribution in [-0.2, 0) is 16.0 Å². The number of rotatable bonds is 4. The summed E-state index contributed by atoms with van der Waals surface area (Å²) >= 11 is 5.89. The third kappa shape index (κ3) is 3.44. The monoisotopic (exact) mass is 343 g/mol. The quantitative estimate of drug-likeness (QED) is 0.841. The van der Waals surface area contributed by atoms with Crippen LogP contribution in [0.4, 0.5) is 4.79 Å². The maximum Gasteiger partial charge on any atom is 0.417 e. The van der Waals surface area contributed by atoms with Gasteiger partial charge in [0.2, 0.25) is 5.91 Å². The van der Waals surface area contributed by atoms with Crippen LogP contribution in [0.25, 0.3) is 0 Å². The predicted molar refractivity (Wildman–Crippen MR) is 92.0 cm³/mol. The van der Waals surface area contributed by atoms with Crippen LogP contribution in [0.5, 0.6) is 0 Å². The van der Waals surface area contributed by atoms with Gasteiger partial charge in [0.25, 0.3) is 0 Å². The molecule has 124 valence electrons. The number of hydrogen-bond acceptors (Lipinski definition) is 3. The maximum atomic E-state index is 12.8. The maximum absolute atomic E-state index is 12.8. The van der Waals surface area contributed by atoms with Crippen LogP contribution in [-0.4, -0.2) is 29.5 Å². The van der Waals surface area contributed by atoms with Crippen LogP contribution < -0.4 is 0 Å². The molecule has 1 heterocycles. The molecule has 4 nitrogen and oxygen atoms in total. The van der Waals surface area contributed by atoms with E-state index in [-0.39, 0.29) is 18.6 Å². The van der Waals surface area contributed by atoms with E-state index in [2.05, 4.69) is 0 Å². The molecular formula is C19H18ClNO3. The number of imide groups is 1. The number of hydrogen-bond donors (Lipinski definition) is 0. The first-order valence-electron chi connectivity index (χ1n) is 7.85. The Balaban J connectivity index is 1.78. The standard InChI is InChI=1S/C19H18ClNO3/c1-13(15-7-9-16(20)10-8-15)18(22)21-17(12-24-19(21)23)11-14-5-3-2-4-6-14/h2-10,13,17H,11-12H2,1H3/t13-,17-/m0/s1. The number of benzene rings is 2. The molecule has 1 aliphatic heterocycles. The van der Waals surface area contributed by atoms with Crippen LogP contribution in [0.2, 0.25) is 5.02 Å². The zero-order valence-corrected chi connectivity index (χ0v) is 14.1. The van der Waals surface area contributed by atoms with Crippen LogP contribution in [0, 0.1) is 0 Å². The molecule has 2 aromatic rings. The fourth-order valence-electron chi connectivity index (χ4n) is 2.87. The van der Waals surface area contributed by atoms with Crippen molar-refractivity contribution in [2.24, 2.45) is 0 Å². The van der Waals surface area contributed by atoms with E-state index in [1.807, 2.05) is 30.3 Å². The van der Waals surface area contributed by atoms with Gasteiger partial charge in [-0.25, -0.2) is 9.69 Å². The SMILES string of the molecule is C[C@H](C(=O)N1C(=O)OC[C@@H]1Cc1ccccc1)c1ccc(Cl)cc1. The predicted octanol–water partition coefficient (Wildman–Crippen LogP) is 4.03. The van der Waals surface area contributed by atoms with E-state index in [1.54, 1.807) is 31.2 Å². The Kier molecular flexibility index (Phi) is 4.86. The number of halogens is 1. The van der Waals surface area contributed by atoms with E-state index in [0.717, 1.165) is 11.1 Å². The first kappa shape index (κ1) is 16.5. The van der Waals surface area contributed by atoms with Gasteiger partial charge in [-0.15, -0.1) is 0 Å². The van der Waals surface area contributed by atoms with E-state index in [4.69, 9.17) is 16.3 Å². The van der Waals surface area contributed by atoms with Crippen LogP contribution >= 0.6 is 11.6 Å². The highest BCUT2D eigenvalue weighted by molar-refractivity contribution is 6.30. The second-order valence-electron chi connectivity index (χ2n) is 5.90. The molecule has 1 fully saturated rings. The fraction of sp³-hybridized carbons (Fsp3) is 0.263. The number of cyclic esters (lactones) is 1. The topological polar surface area (TPSA) is 46.6 Å². The van der Waals surface area contributed by atoms with Crippen molar-refractivity contribution in [3.8, 4) is 0 Å². The van der Waals surface area contributed by atoms with Crippen molar-refractivity contribution in [2.75, 3.05) is 6.61 Å². The molecule has 5 heteroatoms. The molecule has 1 saturated heterocycles. The summed E-state index contributed by atoms with van der Waals surface area (Å²) < 4.78 is 5.12. The third-order valence-electron chi connectivity index (χ3n) is 4.25. The molecule has 0 aromatic heterocycles. The minimum absolute atomic E-state index is 0.229. The lowest BCUT2D eigenvalue weighted by molar-refractivity contribution is -0.130. The molecule has 24 heavy (non-hydrogen) atoms. The number of ether oxygens (including phenoxy) is 1. The second-order valence-corrected chi connectivity index (χ2v) is 6.34. The van der Waals surface area contributed by atoms with Crippen molar-refractivity contribution in [2.45, 2.75) is 25.3 Å². The molecular weight excluding hydrogens is 326 g/mol. The third-order valence-corrected chi connectivity index (χ3v) is 4.51. The molecule has 0 N–H and O–H groups in total. The largest absolute Gasteiger partial charge is 0.447 e. The van der Waals surface area contributed by atoms with Gasteiger partial charge in [-0.2, -0.15) is 0 Å². The van der Waals surface area contributed by atoms with Gasteiger partial charge in [-0.1, -0.05) is 54.1 Å². The van der Waals surface area contributed by atoms with Crippen LogP contribution in [0.15, 0.2) is 54.6 Å². The lowest BCUT2D eigenvalue weighted by Gasteiger charge is -2.23. The van der Waals surface area contributed by atoms with E-state index in [0.29, 0.717) is 11.4 Å². The van der Waals surface area contributed by atoms with Crippen molar-refractivity contribution >= 4 is 23.6 Å². The lowest BCUT2D eigenvalue weighted by atomic mass is 9.98. The van der Waals surface area contributed by atoms with Gasteiger partial charge < -0.3 is 4.74 Å². The molecule has 2 amide bonds. The zero-order chi connectivity index (χ0) is 17.1. The zero-order valence-electron chi connectivity index (χ0n) is 13.3. The highest BCUT2D eigenvalue weighted by Gasteiger charge is 2.39. The Hall–Kier alpha value is -2.33. The second kappa shape index (κ2) is 7.05. The summed E-state index contributed by atoms with van der Waals surface area (Å²) in [4.78, 5) is 26.2. The van der Waals surface area contributed by atoms with Crippen LogP contribution in [0.3, 0.4) is 0 Å². The molecule has 2 atom stereocenters. The molecule has 0 spiro atoms. The van der Waals surface area contributed by atoms with Crippen molar-refractivity contribution in [1.82, 2.24) is 4.90 Å². The molecule has 3 rings (SSSR count). The Bertz CT molecular complexity index is 730. The molecule has 0 radical (unpaired) electrons. The number of nitrogens with zero attached hydrogens (tertiary/aromatic N) is 1. The Morgan fingerprint density at radius 1 is 1.21 bits per heavy atom. The molecule has 1 aliphatic rings. The summed E-state index contributed by atoms with van der Waals surface area (Å²) in [6, 6.07) is 16.6. The average Bonchev–Trinajstić information content (AvgIpc) is 2.95. The van der Waals surface area contributed by atoms with Crippen molar-refractivity contribution in [3.63, 3.8) is 0 Å². The summed E-state index contributed by atoms with van der Waals surface area (Å²) in [6.07, 6.45) is 0.0211.